The molecule has 0 N–H and O–H groups in total. The topological polar surface area (TPSA) is 27.1 Å². The van der Waals surface area contributed by atoms with Crippen LogP contribution in [-0.2, 0) is 6.54 Å². The minimum atomic E-state index is 0.662. The molecule has 15 heavy (non-hydrogen) atoms. The Hall–Kier alpha value is -1.48. The van der Waals surface area contributed by atoms with Crippen LogP contribution in [0.4, 0.5) is 0 Å². The molecule has 1 aromatic heterocycles. The van der Waals surface area contributed by atoms with Crippen LogP contribution in [0.5, 0.6) is 11.5 Å². The van der Waals surface area contributed by atoms with E-state index in [-0.39, 0.29) is 0 Å². The van der Waals surface area contributed by atoms with E-state index in [1.54, 1.807) is 16.9 Å². The standard InChI is InChI=1S/C11H11ClN2O/c1-2-14-8-11(7-13-14)15-10-5-3-4-9(12)6-10/h3-8H,2H2,1H3. The fourth-order valence-electron chi connectivity index (χ4n) is 1.24. The normalized spacial score (nSPS) is 10.3. The summed E-state index contributed by atoms with van der Waals surface area (Å²) in [6.07, 6.45) is 3.53. The summed E-state index contributed by atoms with van der Waals surface area (Å²) in [5, 5.41) is 4.77. The van der Waals surface area contributed by atoms with E-state index in [0.717, 1.165) is 18.0 Å². The van der Waals surface area contributed by atoms with Crippen LogP contribution in [0.25, 0.3) is 0 Å². The van der Waals surface area contributed by atoms with Gasteiger partial charge >= 0.3 is 0 Å². The van der Waals surface area contributed by atoms with Gasteiger partial charge in [0.15, 0.2) is 5.75 Å². The van der Waals surface area contributed by atoms with Gasteiger partial charge in [-0.15, -0.1) is 0 Å². The molecule has 0 radical (unpaired) electrons. The maximum Gasteiger partial charge on any atom is 0.165 e. The molecule has 1 heterocycles. The predicted octanol–water partition coefficient (Wildman–Crippen LogP) is 3.35. The highest BCUT2D eigenvalue weighted by atomic mass is 35.5. The molecule has 2 aromatic rings. The number of ether oxygens (including phenoxy) is 1. The Balaban J connectivity index is 2.14. The van der Waals surface area contributed by atoms with Crippen LogP contribution in [0.15, 0.2) is 36.7 Å². The van der Waals surface area contributed by atoms with Crippen LogP contribution >= 0.6 is 11.6 Å². The van der Waals surface area contributed by atoms with Crippen molar-refractivity contribution in [2.45, 2.75) is 13.5 Å². The predicted molar refractivity (Wildman–Crippen MR) is 59.4 cm³/mol. The van der Waals surface area contributed by atoms with Crippen molar-refractivity contribution in [3.05, 3.63) is 41.7 Å². The Labute approximate surface area is 93.2 Å². The van der Waals surface area contributed by atoms with Crippen molar-refractivity contribution in [2.75, 3.05) is 0 Å². The molecule has 0 saturated heterocycles. The Morgan fingerprint density at radius 3 is 2.93 bits per heavy atom. The van der Waals surface area contributed by atoms with Gasteiger partial charge in [0.1, 0.15) is 5.75 Å². The summed E-state index contributed by atoms with van der Waals surface area (Å²) in [6.45, 7) is 2.86. The van der Waals surface area contributed by atoms with Gasteiger partial charge in [-0.1, -0.05) is 17.7 Å². The van der Waals surface area contributed by atoms with Crippen molar-refractivity contribution < 1.29 is 4.74 Å². The van der Waals surface area contributed by atoms with Crippen molar-refractivity contribution in [1.29, 1.82) is 0 Å². The average Bonchev–Trinajstić information content (AvgIpc) is 2.65. The largest absolute Gasteiger partial charge is 0.454 e. The third kappa shape index (κ3) is 2.50. The van der Waals surface area contributed by atoms with E-state index in [0.29, 0.717) is 5.02 Å². The van der Waals surface area contributed by atoms with Crippen molar-refractivity contribution >= 4 is 11.6 Å². The van der Waals surface area contributed by atoms with Gasteiger partial charge in [-0.2, -0.15) is 5.10 Å². The maximum absolute atomic E-state index is 5.84. The lowest BCUT2D eigenvalue weighted by Gasteiger charge is -2.01. The second kappa shape index (κ2) is 4.36. The zero-order valence-corrected chi connectivity index (χ0v) is 9.11. The molecule has 0 unspecified atom stereocenters. The Morgan fingerprint density at radius 2 is 2.27 bits per heavy atom. The molecule has 0 atom stereocenters. The molecule has 0 aliphatic heterocycles. The Morgan fingerprint density at radius 1 is 1.40 bits per heavy atom. The van der Waals surface area contributed by atoms with Gasteiger partial charge in [-0.05, 0) is 25.1 Å². The van der Waals surface area contributed by atoms with E-state index in [9.17, 15) is 0 Å². The molecule has 0 fully saturated rings. The van der Waals surface area contributed by atoms with E-state index in [1.807, 2.05) is 31.3 Å². The number of aryl methyl sites for hydroxylation is 1. The third-order valence-electron chi connectivity index (χ3n) is 1.97. The molecular weight excluding hydrogens is 212 g/mol. The lowest BCUT2D eigenvalue weighted by Crippen LogP contribution is -1.92. The molecule has 4 heteroatoms. The number of rotatable bonds is 3. The van der Waals surface area contributed by atoms with E-state index in [2.05, 4.69) is 5.10 Å². The lowest BCUT2D eigenvalue weighted by molar-refractivity contribution is 0.481. The van der Waals surface area contributed by atoms with Gasteiger partial charge < -0.3 is 4.74 Å². The second-order valence-corrected chi connectivity index (χ2v) is 3.53. The molecule has 2 rings (SSSR count). The Bertz CT molecular complexity index is 453. The maximum atomic E-state index is 5.84. The number of halogens is 1. The van der Waals surface area contributed by atoms with Crippen molar-refractivity contribution in [2.24, 2.45) is 0 Å². The number of benzene rings is 1. The van der Waals surface area contributed by atoms with Crippen LogP contribution in [0, 0.1) is 0 Å². The molecule has 1 aromatic carbocycles. The zero-order chi connectivity index (χ0) is 10.7. The highest BCUT2D eigenvalue weighted by Crippen LogP contribution is 2.23. The van der Waals surface area contributed by atoms with E-state index < -0.39 is 0 Å². The average molecular weight is 223 g/mol. The minimum Gasteiger partial charge on any atom is -0.454 e. The van der Waals surface area contributed by atoms with E-state index in [1.165, 1.54) is 0 Å². The number of nitrogens with zero attached hydrogens (tertiary/aromatic N) is 2. The summed E-state index contributed by atoms with van der Waals surface area (Å²) in [5.74, 6) is 1.44. The highest BCUT2D eigenvalue weighted by Gasteiger charge is 2.00. The highest BCUT2D eigenvalue weighted by molar-refractivity contribution is 6.30. The first-order chi connectivity index (χ1) is 7.28. The number of hydrogen-bond donors (Lipinski definition) is 0. The van der Waals surface area contributed by atoms with Crippen LogP contribution in [0.3, 0.4) is 0 Å². The first kappa shape index (κ1) is 10.1. The van der Waals surface area contributed by atoms with Crippen molar-refractivity contribution in [3.8, 4) is 11.5 Å². The summed E-state index contributed by atoms with van der Waals surface area (Å²) in [4.78, 5) is 0. The minimum absolute atomic E-state index is 0.662. The SMILES string of the molecule is CCn1cc(Oc2cccc(Cl)c2)cn1. The first-order valence-electron chi connectivity index (χ1n) is 4.74. The van der Waals surface area contributed by atoms with Gasteiger partial charge in [-0.25, -0.2) is 0 Å². The van der Waals surface area contributed by atoms with Crippen LogP contribution in [-0.4, -0.2) is 9.78 Å². The fraction of sp³-hybridized carbons (Fsp3) is 0.182. The molecule has 0 spiro atoms. The molecule has 0 aliphatic rings. The van der Waals surface area contributed by atoms with Crippen LogP contribution in [0.1, 0.15) is 6.92 Å². The quantitative estimate of drug-likeness (QED) is 0.797. The van der Waals surface area contributed by atoms with Gasteiger partial charge in [0.2, 0.25) is 0 Å². The number of aromatic nitrogens is 2. The summed E-state index contributed by atoms with van der Waals surface area (Å²) >= 11 is 5.84. The van der Waals surface area contributed by atoms with E-state index in [4.69, 9.17) is 16.3 Å². The Kier molecular flexibility index (Phi) is 2.92. The third-order valence-corrected chi connectivity index (χ3v) is 2.20. The molecule has 0 bridgehead atoms. The second-order valence-electron chi connectivity index (χ2n) is 3.09. The van der Waals surface area contributed by atoms with Crippen molar-refractivity contribution in [1.82, 2.24) is 9.78 Å². The summed E-state index contributed by atoms with van der Waals surface area (Å²) in [5.41, 5.74) is 0. The summed E-state index contributed by atoms with van der Waals surface area (Å²) in [6, 6.07) is 7.28. The van der Waals surface area contributed by atoms with Crippen LogP contribution in [0.2, 0.25) is 5.02 Å². The van der Waals surface area contributed by atoms with E-state index >= 15 is 0 Å². The monoisotopic (exact) mass is 222 g/mol. The summed E-state index contributed by atoms with van der Waals surface area (Å²) in [7, 11) is 0. The fourth-order valence-corrected chi connectivity index (χ4v) is 1.42. The smallest absolute Gasteiger partial charge is 0.165 e. The van der Waals surface area contributed by atoms with Gasteiger partial charge in [0, 0.05) is 11.6 Å². The molecule has 3 nitrogen and oxygen atoms in total. The summed E-state index contributed by atoms with van der Waals surface area (Å²) < 4.78 is 7.38. The molecule has 0 saturated carbocycles. The molecule has 0 aliphatic carbocycles. The number of hydrogen-bond acceptors (Lipinski definition) is 2. The lowest BCUT2D eigenvalue weighted by atomic mass is 10.3. The van der Waals surface area contributed by atoms with Gasteiger partial charge in [0.05, 0.1) is 12.4 Å². The van der Waals surface area contributed by atoms with Gasteiger partial charge in [-0.3, -0.25) is 4.68 Å². The first-order valence-corrected chi connectivity index (χ1v) is 5.11. The molecule has 78 valence electrons. The molecule has 0 amide bonds. The van der Waals surface area contributed by atoms with Crippen molar-refractivity contribution in [3.63, 3.8) is 0 Å². The van der Waals surface area contributed by atoms with Crippen LogP contribution < -0.4 is 4.74 Å². The zero-order valence-electron chi connectivity index (χ0n) is 8.35. The molecular formula is C11H11ClN2O. The van der Waals surface area contributed by atoms with Gasteiger partial charge in [0.25, 0.3) is 0 Å².